The number of hydrogen-bond acceptors (Lipinski definition) is 2. The monoisotopic (exact) mass is 355 g/mol. The topological polar surface area (TPSA) is 29.9 Å². The third-order valence-corrected chi connectivity index (χ3v) is 5.72. The Hall–Kier alpha value is -0.350. The second-order valence-electron chi connectivity index (χ2n) is 6.76. The summed E-state index contributed by atoms with van der Waals surface area (Å²) in [5, 5.41) is 8.44. The molecule has 0 radical (unpaired) electrons. The van der Waals surface area contributed by atoms with Crippen LogP contribution in [0.2, 0.25) is 0 Å². The molecule has 1 aromatic rings. The van der Waals surface area contributed by atoms with Crippen LogP contribution >= 0.6 is 15.9 Å². The van der Waals surface area contributed by atoms with Crippen LogP contribution in [0.1, 0.15) is 64.8 Å². The van der Waals surface area contributed by atoms with Gasteiger partial charge in [0.25, 0.3) is 0 Å². The van der Waals surface area contributed by atoms with Crippen LogP contribution in [0, 0.1) is 5.41 Å². The van der Waals surface area contributed by atoms with Crippen LogP contribution in [0.4, 0.5) is 0 Å². The van der Waals surface area contributed by atoms with E-state index in [1.54, 1.807) is 0 Å². The van der Waals surface area contributed by atoms with Gasteiger partial charge in [-0.25, -0.2) is 0 Å². The van der Waals surface area contributed by atoms with E-state index in [4.69, 9.17) is 5.10 Å². The normalized spacial score (nSPS) is 25.7. The molecule has 1 aliphatic rings. The summed E-state index contributed by atoms with van der Waals surface area (Å²) in [4.78, 5) is 0. The Morgan fingerprint density at radius 3 is 2.76 bits per heavy atom. The zero-order valence-corrected chi connectivity index (χ0v) is 15.6. The average molecular weight is 356 g/mol. The molecule has 1 fully saturated rings. The predicted octanol–water partition coefficient (Wildman–Crippen LogP) is 4.33. The van der Waals surface area contributed by atoms with Crippen LogP contribution < -0.4 is 5.32 Å². The predicted molar refractivity (Wildman–Crippen MR) is 92.7 cm³/mol. The van der Waals surface area contributed by atoms with Crippen LogP contribution in [0.25, 0.3) is 0 Å². The van der Waals surface area contributed by atoms with Gasteiger partial charge in [0.15, 0.2) is 0 Å². The summed E-state index contributed by atoms with van der Waals surface area (Å²) in [7, 11) is 0. The molecule has 0 aliphatic heterocycles. The molecule has 0 spiro atoms. The van der Waals surface area contributed by atoms with Gasteiger partial charge in [0.2, 0.25) is 0 Å². The number of rotatable bonds is 7. The molecule has 2 rings (SSSR count). The van der Waals surface area contributed by atoms with Gasteiger partial charge in [-0.05, 0) is 73.3 Å². The average Bonchev–Trinajstić information content (AvgIpc) is 2.99. The summed E-state index contributed by atoms with van der Waals surface area (Å²) in [5.74, 6) is 0. The number of aromatic nitrogens is 2. The van der Waals surface area contributed by atoms with Crippen molar-refractivity contribution in [3.05, 3.63) is 15.9 Å². The van der Waals surface area contributed by atoms with E-state index in [0.29, 0.717) is 11.5 Å². The van der Waals surface area contributed by atoms with Gasteiger partial charge in [-0.3, -0.25) is 4.68 Å². The number of hydrogen-bond donors (Lipinski definition) is 1. The van der Waals surface area contributed by atoms with Gasteiger partial charge < -0.3 is 5.32 Å². The van der Waals surface area contributed by atoms with Crippen molar-refractivity contribution in [2.45, 2.75) is 78.8 Å². The molecule has 4 heteroatoms. The SMILES string of the molecule is CCCNC1CCC(C)(Cc2c(Br)c(CC)nn2CC)C1. The highest BCUT2D eigenvalue weighted by atomic mass is 79.9. The Labute approximate surface area is 138 Å². The lowest BCUT2D eigenvalue weighted by atomic mass is 9.83. The van der Waals surface area contributed by atoms with Gasteiger partial charge in [-0.15, -0.1) is 0 Å². The molecular weight excluding hydrogens is 326 g/mol. The van der Waals surface area contributed by atoms with Crippen molar-refractivity contribution in [1.29, 1.82) is 0 Å². The molecule has 3 nitrogen and oxygen atoms in total. The van der Waals surface area contributed by atoms with Crippen LogP contribution in [0.3, 0.4) is 0 Å². The maximum atomic E-state index is 4.74. The Balaban J connectivity index is 2.09. The van der Waals surface area contributed by atoms with Crippen molar-refractivity contribution in [2.75, 3.05) is 6.54 Å². The second kappa shape index (κ2) is 7.28. The standard InChI is InChI=1S/C17H30BrN3/c1-5-10-19-13-8-9-17(4,11-13)12-15-16(18)14(6-2)20-21(15)7-3/h13,19H,5-12H2,1-4H3. The maximum absolute atomic E-state index is 4.74. The molecule has 1 N–H and O–H groups in total. The van der Waals surface area contributed by atoms with E-state index in [9.17, 15) is 0 Å². The van der Waals surface area contributed by atoms with E-state index in [1.165, 1.54) is 41.5 Å². The van der Waals surface area contributed by atoms with Crippen molar-refractivity contribution in [1.82, 2.24) is 15.1 Å². The molecule has 1 aliphatic carbocycles. The van der Waals surface area contributed by atoms with Gasteiger partial charge in [0.05, 0.1) is 15.9 Å². The number of halogens is 1. The lowest BCUT2D eigenvalue weighted by Crippen LogP contribution is -2.29. The van der Waals surface area contributed by atoms with Crippen molar-refractivity contribution >= 4 is 15.9 Å². The molecule has 2 unspecified atom stereocenters. The fraction of sp³-hybridized carbons (Fsp3) is 0.824. The molecule has 2 atom stereocenters. The Morgan fingerprint density at radius 1 is 1.38 bits per heavy atom. The molecule has 1 heterocycles. The minimum atomic E-state index is 0.409. The highest BCUT2D eigenvalue weighted by molar-refractivity contribution is 9.10. The molecule has 1 saturated carbocycles. The van der Waals surface area contributed by atoms with Crippen LogP contribution in [-0.4, -0.2) is 22.4 Å². The zero-order chi connectivity index (χ0) is 15.5. The Bertz CT molecular complexity index is 469. The van der Waals surface area contributed by atoms with Crippen LogP contribution in [0.15, 0.2) is 4.47 Å². The van der Waals surface area contributed by atoms with Gasteiger partial charge in [-0.2, -0.15) is 5.10 Å². The van der Waals surface area contributed by atoms with E-state index in [1.807, 2.05) is 0 Å². The summed E-state index contributed by atoms with van der Waals surface area (Å²) in [5.41, 5.74) is 3.01. The van der Waals surface area contributed by atoms with E-state index in [-0.39, 0.29) is 0 Å². The van der Waals surface area contributed by atoms with Crippen LogP contribution in [-0.2, 0) is 19.4 Å². The molecule has 0 bridgehead atoms. The number of nitrogens with one attached hydrogen (secondary N) is 1. The fourth-order valence-electron chi connectivity index (χ4n) is 3.60. The maximum Gasteiger partial charge on any atom is 0.0766 e. The summed E-state index contributed by atoms with van der Waals surface area (Å²) in [6.07, 6.45) is 7.28. The smallest absolute Gasteiger partial charge is 0.0766 e. The van der Waals surface area contributed by atoms with Gasteiger partial charge in [0.1, 0.15) is 0 Å². The van der Waals surface area contributed by atoms with E-state index in [0.717, 1.165) is 25.9 Å². The third-order valence-electron chi connectivity index (χ3n) is 4.81. The first-order chi connectivity index (χ1) is 10.0. The summed E-state index contributed by atoms with van der Waals surface area (Å²) < 4.78 is 3.44. The largest absolute Gasteiger partial charge is 0.314 e. The molecule has 0 aromatic carbocycles. The molecule has 0 saturated heterocycles. The lowest BCUT2D eigenvalue weighted by molar-refractivity contribution is 0.312. The van der Waals surface area contributed by atoms with Crippen molar-refractivity contribution < 1.29 is 0 Å². The first-order valence-corrected chi connectivity index (χ1v) is 9.29. The highest BCUT2D eigenvalue weighted by Crippen LogP contribution is 2.42. The van der Waals surface area contributed by atoms with Crippen molar-refractivity contribution in [3.8, 4) is 0 Å². The van der Waals surface area contributed by atoms with E-state index in [2.05, 4.69) is 53.6 Å². The van der Waals surface area contributed by atoms with Crippen LogP contribution in [0.5, 0.6) is 0 Å². The number of nitrogens with zero attached hydrogens (tertiary/aromatic N) is 2. The minimum absolute atomic E-state index is 0.409. The number of aryl methyl sites for hydroxylation is 2. The van der Waals surface area contributed by atoms with Gasteiger partial charge in [-0.1, -0.05) is 20.8 Å². The Morgan fingerprint density at radius 2 is 2.14 bits per heavy atom. The molecule has 1 aromatic heterocycles. The zero-order valence-electron chi connectivity index (χ0n) is 14.0. The van der Waals surface area contributed by atoms with Crippen molar-refractivity contribution in [3.63, 3.8) is 0 Å². The first-order valence-electron chi connectivity index (χ1n) is 8.50. The lowest BCUT2D eigenvalue weighted by Gasteiger charge is -2.25. The highest BCUT2D eigenvalue weighted by Gasteiger charge is 2.36. The quantitative estimate of drug-likeness (QED) is 0.788. The second-order valence-corrected chi connectivity index (χ2v) is 7.55. The fourth-order valence-corrected chi connectivity index (χ4v) is 4.30. The molecular formula is C17H30BrN3. The molecule has 21 heavy (non-hydrogen) atoms. The first kappa shape index (κ1) is 17.0. The Kier molecular flexibility index (Phi) is 5.89. The summed E-state index contributed by atoms with van der Waals surface area (Å²) in [6.45, 7) is 11.2. The minimum Gasteiger partial charge on any atom is -0.314 e. The third kappa shape index (κ3) is 3.89. The van der Waals surface area contributed by atoms with Crippen molar-refractivity contribution in [2.24, 2.45) is 5.41 Å². The summed E-state index contributed by atoms with van der Waals surface area (Å²) in [6, 6.07) is 0.706. The molecule has 0 amide bonds. The molecule has 120 valence electrons. The summed E-state index contributed by atoms with van der Waals surface area (Å²) >= 11 is 3.79. The van der Waals surface area contributed by atoms with Gasteiger partial charge >= 0.3 is 0 Å². The van der Waals surface area contributed by atoms with Gasteiger partial charge in [0, 0.05) is 12.6 Å². The van der Waals surface area contributed by atoms with E-state index < -0.39 is 0 Å². The van der Waals surface area contributed by atoms with E-state index >= 15 is 0 Å².